The number of benzene rings is 1. The first kappa shape index (κ1) is 9.27. The van der Waals surface area contributed by atoms with Gasteiger partial charge in [0.05, 0.1) is 0 Å². The summed E-state index contributed by atoms with van der Waals surface area (Å²) in [5.41, 5.74) is 2.95. The molecule has 0 spiro atoms. The van der Waals surface area contributed by atoms with Gasteiger partial charge in [0.1, 0.15) is 0 Å². The van der Waals surface area contributed by atoms with Crippen LogP contribution in [-0.2, 0) is 0 Å². The Kier molecular flexibility index (Phi) is 2.53. The Morgan fingerprint density at radius 2 is 1.58 bits per heavy atom. The highest BCUT2D eigenvalue weighted by Crippen LogP contribution is 2.32. The Balaban J connectivity index is 0.000000120. The SMILES string of the molecule is CC(C)(C)CO.c1cc2cc-2c1. The second-order valence-electron chi connectivity index (χ2n) is 4.30. The second kappa shape index (κ2) is 3.28. The van der Waals surface area contributed by atoms with Crippen molar-refractivity contribution in [1.29, 1.82) is 0 Å². The van der Waals surface area contributed by atoms with E-state index in [1.54, 1.807) is 0 Å². The minimum atomic E-state index is 0.0972. The van der Waals surface area contributed by atoms with Gasteiger partial charge in [-0.05, 0) is 22.6 Å². The van der Waals surface area contributed by atoms with Gasteiger partial charge in [-0.1, -0.05) is 39.0 Å². The van der Waals surface area contributed by atoms with Gasteiger partial charge < -0.3 is 5.11 Å². The van der Waals surface area contributed by atoms with Gasteiger partial charge in [0.15, 0.2) is 0 Å². The first-order valence-corrected chi connectivity index (χ1v) is 4.24. The van der Waals surface area contributed by atoms with Gasteiger partial charge in [-0.25, -0.2) is 0 Å². The Labute approximate surface area is 74.1 Å². The molecule has 0 heterocycles. The molecule has 1 N–H and O–H groups in total. The Bertz CT molecular complexity index is 241. The molecule has 0 saturated carbocycles. The van der Waals surface area contributed by atoms with Crippen molar-refractivity contribution in [3.05, 3.63) is 24.3 Å². The molecule has 0 atom stereocenters. The zero-order chi connectivity index (χ0) is 9.19. The number of hydrogen-bond donors (Lipinski definition) is 1. The van der Waals surface area contributed by atoms with E-state index in [0.29, 0.717) is 0 Å². The first-order valence-electron chi connectivity index (χ1n) is 4.24. The second-order valence-corrected chi connectivity index (χ2v) is 4.30. The summed E-state index contributed by atoms with van der Waals surface area (Å²) in [5.74, 6) is 0. The normalized spacial score (nSPS) is 11.7. The van der Waals surface area contributed by atoms with Crippen molar-refractivity contribution in [1.82, 2.24) is 0 Å². The van der Waals surface area contributed by atoms with Gasteiger partial charge in [0.25, 0.3) is 0 Å². The van der Waals surface area contributed by atoms with Gasteiger partial charge in [-0.3, -0.25) is 0 Å². The Hall–Kier alpha value is -0.820. The van der Waals surface area contributed by atoms with E-state index in [9.17, 15) is 0 Å². The molecule has 0 radical (unpaired) electrons. The van der Waals surface area contributed by atoms with Crippen molar-refractivity contribution in [2.45, 2.75) is 20.8 Å². The van der Waals surface area contributed by atoms with Gasteiger partial charge in [-0.15, -0.1) is 0 Å². The molecule has 0 aliphatic heterocycles. The largest absolute Gasteiger partial charge is 0.396 e. The molecular formula is C11H16O. The van der Waals surface area contributed by atoms with Crippen LogP contribution in [0.4, 0.5) is 0 Å². The zero-order valence-electron chi connectivity index (χ0n) is 7.96. The third-order valence-electron chi connectivity index (χ3n) is 1.59. The maximum atomic E-state index is 8.40. The van der Waals surface area contributed by atoms with E-state index in [-0.39, 0.29) is 12.0 Å². The molecule has 0 aromatic carbocycles. The summed E-state index contributed by atoms with van der Waals surface area (Å²) >= 11 is 0. The van der Waals surface area contributed by atoms with Crippen LogP contribution in [0.5, 0.6) is 0 Å². The summed E-state index contributed by atoms with van der Waals surface area (Å²) in [6.07, 6.45) is 0. The molecule has 0 amide bonds. The predicted octanol–water partition coefficient (Wildman–Crippen LogP) is 2.69. The fourth-order valence-electron chi connectivity index (χ4n) is 0.676. The molecule has 1 nitrogen and oxygen atoms in total. The van der Waals surface area contributed by atoms with Crippen LogP contribution < -0.4 is 0 Å². The highest BCUT2D eigenvalue weighted by Gasteiger charge is 2.07. The molecule has 0 saturated heterocycles. The summed E-state index contributed by atoms with van der Waals surface area (Å²) < 4.78 is 0. The molecular weight excluding hydrogens is 148 g/mol. The maximum Gasteiger partial charge on any atom is 0.0479 e. The topological polar surface area (TPSA) is 20.2 Å². The molecule has 2 rings (SSSR count). The van der Waals surface area contributed by atoms with Crippen molar-refractivity contribution in [3.8, 4) is 11.1 Å². The summed E-state index contributed by atoms with van der Waals surface area (Å²) in [5, 5.41) is 8.40. The molecule has 12 heavy (non-hydrogen) atoms. The summed E-state index contributed by atoms with van der Waals surface area (Å²) in [6.45, 7) is 6.25. The fourth-order valence-corrected chi connectivity index (χ4v) is 0.676. The van der Waals surface area contributed by atoms with Crippen molar-refractivity contribution in [3.63, 3.8) is 0 Å². The van der Waals surface area contributed by atoms with Gasteiger partial charge >= 0.3 is 0 Å². The molecule has 66 valence electrons. The molecule has 1 heteroatoms. The molecule has 0 aromatic rings. The standard InChI is InChI=1S/C6H4.C5H12O/c1-2-5-4-6(5)3-1;1-5(2,3)4-6/h1-4H;6H,4H2,1-3H3. The number of fused-ring (bicyclic) bond motifs is 1. The van der Waals surface area contributed by atoms with Crippen LogP contribution in [0.1, 0.15) is 20.8 Å². The molecule has 2 aliphatic rings. The minimum Gasteiger partial charge on any atom is -0.396 e. The molecule has 0 bridgehead atoms. The lowest BCUT2D eigenvalue weighted by Crippen LogP contribution is -2.09. The first-order chi connectivity index (χ1) is 5.53. The van der Waals surface area contributed by atoms with Crippen LogP contribution in [0.25, 0.3) is 11.1 Å². The van der Waals surface area contributed by atoms with Gasteiger partial charge in [-0.2, -0.15) is 0 Å². The van der Waals surface area contributed by atoms with Crippen molar-refractivity contribution in [2.24, 2.45) is 5.41 Å². The van der Waals surface area contributed by atoms with E-state index in [1.807, 2.05) is 20.8 Å². The molecule has 0 fully saturated rings. The smallest absolute Gasteiger partial charge is 0.0479 e. The van der Waals surface area contributed by atoms with Crippen molar-refractivity contribution in [2.75, 3.05) is 6.61 Å². The summed E-state index contributed by atoms with van der Waals surface area (Å²) in [6, 6.07) is 8.48. The zero-order valence-corrected chi connectivity index (χ0v) is 7.96. The monoisotopic (exact) mass is 164 g/mol. The average molecular weight is 164 g/mol. The molecule has 0 aromatic heterocycles. The van der Waals surface area contributed by atoms with E-state index in [2.05, 4.69) is 24.3 Å². The lowest BCUT2D eigenvalue weighted by molar-refractivity contribution is 0.177. The lowest BCUT2D eigenvalue weighted by Gasteiger charge is -2.11. The number of aliphatic hydroxyl groups excluding tert-OH is 1. The fraction of sp³-hybridized carbons (Fsp3) is 0.455. The third kappa shape index (κ3) is 3.05. The highest BCUT2D eigenvalue weighted by molar-refractivity contribution is 5.80. The number of aliphatic hydroxyl groups is 1. The van der Waals surface area contributed by atoms with E-state index in [0.717, 1.165) is 0 Å². The summed E-state index contributed by atoms with van der Waals surface area (Å²) in [4.78, 5) is 0. The van der Waals surface area contributed by atoms with Crippen LogP contribution in [-0.4, -0.2) is 11.7 Å². The van der Waals surface area contributed by atoms with Crippen LogP contribution in [0, 0.1) is 5.41 Å². The van der Waals surface area contributed by atoms with Crippen molar-refractivity contribution < 1.29 is 5.11 Å². The molecule has 0 unspecified atom stereocenters. The highest BCUT2D eigenvalue weighted by atomic mass is 16.3. The lowest BCUT2D eigenvalue weighted by atomic mass is 9.99. The number of rotatable bonds is 0. The van der Waals surface area contributed by atoms with Gasteiger partial charge in [0.2, 0.25) is 0 Å². The molecule has 2 aliphatic carbocycles. The quantitative estimate of drug-likeness (QED) is 0.634. The van der Waals surface area contributed by atoms with Crippen LogP contribution >= 0.6 is 0 Å². The van der Waals surface area contributed by atoms with Crippen LogP contribution in [0.15, 0.2) is 24.3 Å². The summed E-state index contributed by atoms with van der Waals surface area (Å²) in [7, 11) is 0. The predicted molar refractivity (Wildman–Crippen MR) is 52.0 cm³/mol. The van der Waals surface area contributed by atoms with E-state index in [4.69, 9.17) is 5.11 Å². The van der Waals surface area contributed by atoms with Crippen molar-refractivity contribution >= 4 is 0 Å². The maximum absolute atomic E-state index is 8.40. The average Bonchev–Trinajstić information content (AvgIpc) is 2.60. The van der Waals surface area contributed by atoms with Crippen LogP contribution in [0.2, 0.25) is 0 Å². The van der Waals surface area contributed by atoms with Crippen LogP contribution in [0.3, 0.4) is 0 Å². The Morgan fingerprint density at radius 3 is 1.67 bits per heavy atom. The number of hydrogen-bond acceptors (Lipinski definition) is 1. The third-order valence-corrected chi connectivity index (χ3v) is 1.59. The minimum absolute atomic E-state index is 0.0972. The van der Waals surface area contributed by atoms with E-state index >= 15 is 0 Å². The van der Waals surface area contributed by atoms with Gasteiger partial charge in [0, 0.05) is 6.61 Å². The van der Waals surface area contributed by atoms with E-state index in [1.165, 1.54) is 11.1 Å². The Morgan fingerprint density at radius 1 is 1.17 bits per heavy atom. The van der Waals surface area contributed by atoms with E-state index < -0.39 is 0 Å².